The fraction of sp³-hybridized carbons (Fsp3) is 0.0800. The molecule has 0 saturated carbocycles. The van der Waals surface area contributed by atoms with Crippen molar-refractivity contribution in [1.29, 1.82) is 0 Å². The Morgan fingerprint density at radius 2 is 1.74 bits per heavy atom. The molecule has 2 heterocycles. The van der Waals surface area contributed by atoms with Crippen molar-refractivity contribution in [1.82, 2.24) is 14.8 Å². The van der Waals surface area contributed by atoms with E-state index in [2.05, 4.69) is 15.4 Å². The van der Waals surface area contributed by atoms with Crippen LogP contribution in [0.5, 0.6) is 5.75 Å². The molecule has 0 atom stereocenters. The largest absolute Gasteiger partial charge is 0.497 e. The number of amides is 1. The number of rotatable bonds is 6. The molecule has 2 aromatic heterocycles. The van der Waals surface area contributed by atoms with Gasteiger partial charge < -0.3 is 15.8 Å². The first kappa shape index (κ1) is 22.4. The summed E-state index contributed by atoms with van der Waals surface area (Å²) in [6.45, 7) is 0. The Kier molecular flexibility index (Phi) is 5.37. The second-order valence-corrected chi connectivity index (χ2v) is 9.89. The third kappa shape index (κ3) is 3.93. The maximum atomic E-state index is 13.3. The number of aryl methyl sites for hydroxylation is 1. The van der Waals surface area contributed by atoms with Crippen molar-refractivity contribution in [2.75, 3.05) is 12.4 Å². The molecule has 0 spiro atoms. The third-order valence-corrected chi connectivity index (χ3v) is 7.57. The van der Waals surface area contributed by atoms with E-state index < -0.39 is 15.7 Å². The van der Waals surface area contributed by atoms with Gasteiger partial charge in [0, 0.05) is 29.7 Å². The third-order valence-electron chi connectivity index (χ3n) is 5.80. The number of hydrogen-bond acceptors (Lipinski definition) is 7. The Morgan fingerprint density at radius 3 is 2.46 bits per heavy atom. The van der Waals surface area contributed by atoms with Gasteiger partial charge in [-0.3, -0.25) is 14.5 Å². The molecule has 3 N–H and O–H groups in total. The molecule has 3 aromatic carbocycles. The number of pyridine rings is 1. The van der Waals surface area contributed by atoms with Crippen molar-refractivity contribution >= 4 is 48.9 Å². The molecule has 5 aromatic rings. The van der Waals surface area contributed by atoms with Crippen LogP contribution in [0.4, 0.5) is 11.4 Å². The number of nitrogens with two attached hydrogens (primary N) is 1. The highest BCUT2D eigenvalue weighted by atomic mass is 32.2. The van der Waals surface area contributed by atoms with Gasteiger partial charge in [-0.05, 0) is 60.7 Å². The van der Waals surface area contributed by atoms with E-state index >= 15 is 0 Å². The molecule has 0 saturated heterocycles. The van der Waals surface area contributed by atoms with Crippen LogP contribution in [0.2, 0.25) is 0 Å². The highest BCUT2D eigenvalue weighted by molar-refractivity contribution is 7.91. The van der Waals surface area contributed by atoms with Gasteiger partial charge in [0.05, 0.1) is 45.4 Å². The molecule has 0 aliphatic heterocycles. The lowest BCUT2D eigenvalue weighted by molar-refractivity contribution is 0.100. The van der Waals surface area contributed by atoms with Crippen LogP contribution >= 0.6 is 0 Å². The SMILES string of the molecule is COc1ccc(S(=O)(=O)c2ccc3ncc(C(N)=O)c(Nc4ccc5cnn(C)c5c4)c3c2)cc1. The minimum atomic E-state index is -3.84. The summed E-state index contributed by atoms with van der Waals surface area (Å²) in [5.41, 5.74) is 8.22. The Balaban J connectivity index is 1.66. The van der Waals surface area contributed by atoms with Crippen LogP contribution in [0.1, 0.15) is 10.4 Å². The van der Waals surface area contributed by atoms with Crippen LogP contribution in [0.3, 0.4) is 0 Å². The Morgan fingerprint density at radius 1 is 1.00 bits per heavy atom. The number of carbonyl (C=O) groups excluding carboxylic acids is 1. The Hall–Kier alpha value is -4.44. The van der Waals surface area contributed by atoms with Gasteiger partial charge in [0.1, 0.15) is 5.75 Å². The van der Waals surface area contributed by atoms with E-state index in [-0.39, 0.29) is 15.4 Å². The highest BCUT2D eigenvalue weighted by Crippen LogP contribution is 2.33. The molecule has 0 bridgehead atoms. The molecule has 0 aliphatic rings. The Bertz CT molecular complexity index is 1710. The highest BCUT2D eigenvalue weighted by Gasteiger charge is 2.21. The van der Waals surface area contributed by atoms with E-state index in [4.69, 9.17) is 10.5 Å². The number of nitrogens with one attached hydrogen (secondary N) is 1. The molecule has 35 heavy (non-hydrogen) atoms. The van der Waals surface area contributed by atoms with E-state index in [1.54, 1.807) is 29.1 Å². The normalized spacial score (nSPS) is 11.6. The maximum absolute atomic E-state index is 13.3. The zero-order valence-electron chi connectivity index (χ0n) is 18.9. The number of carbonyl (C=O) groups is 1. The predicted octanol–water partition coefficient (Wildman–Crippen LogP) is 3.81. The van der Waals surface area contributed by atoms with Crippen molar-refractivity contribution in [3.8, 4) is 5.75 Å². The molecule has 0 radical (unpaired) electrons. The second kappa shape index (κ2) is 8.41. The molecule has 5 rings (SSSR count). The monoisotopic (exact) mass is 487 g/mol. The quantitative estimate of drug-likeness (QED) is 0.373. The Labute approximate surface area is 201 Å². The zero-order valence-corrected chi connectivity index (χ0v) is 19.7. The van der Waals surface area contributed by atoms with Crippen molar-refractivity contribution < 1.29 is 17.9 Å². The van der Waals surface area contributed by atoms with Gasteiger partial charge in [-0.1, -0.05) is 0 Å². The van der Waals surface area contributed by atoms with Gasteiger partial charge in [-0.2, -0.15) is 5.10 Å². The lowest BCUT2D eigenvalue weighted by Crippen LogP contribution is -2.14. The van der Waals surface area contributed by atoms with Crippen molar-refractivity contribution in [2.45, 2.75) is 9.79 Å². The average molecular weight is 488 g/mol. The number of sulfone groups is 1. The smallest absolute Gasteiger partial charge is 0.252 e. The van der Waals surface area contributed by atoms with Crippen molar-refractivity contribution in [3.05, 3.63) is 78.6 Å². The summed E-state index contributed by atoms with van der Waals surface area (Å²) >= 11 is 0. The summed E-state index contributed by atoms with van der Waals surface area (Å²) in [5, 5.41) is 8.90. The topological polar surface area (TPSA) is 129 Å². The van der Waals surface area contributed by atoms with Crippen LogP contribution in [0.25, 0.3) is 21.8 Å². The summed E-state index contributed by atoms with van der Waals surface area (Å²) in [4.78, 5) is 16.7. The first-order chi connectivity index (χ1) is 16.8. The maximum Gasteiger partial charge on any atom is 0.252 e. The summed E-state index contributed by atoms with van der Waals surface area (Å²) in [6.07, 6.45) is 3.14. The van der Waals surface area contributed by atoms with E-state index in [0.29, 0.717) is 28.0 Å². The van der Waals surface area contributed by atoms with Crippen LogP contribution < -0.4 is 15.8 Å². The molecule has 1 amide bonds. The van der Waals surface area contributed by atoms with Gasteiger partial charge in [0.2, 0.25) is 9.84 Å². The average Bonchev–Trinajstić information content (AvgIpc) is 3.23. The van der Waals surface area contributed by atoms with E-state index in [9.17, 15) is 13.2 Å². The van der Waals surface area contributed by atoms with Gasteiger partial charge in [-0.25, -0.2) is 8.42 Å². The van der Waals surface area contributed by atoms with Crippen LogP contribution in [-0.2, 0) is 16.9 Å². The number of hydrogen-bond donors (Lipinski definition) is 2. The van der Waals surface area contributed by atoms with Crippen molar-refractivity contribution in [2.24, 2.45) is 12.8 Å². The molecular formula is C25H21N5O4S. The molecule has 0 aliphatic carbocycles. The second-order valence-electron chi connectivity index (χ2n) is 7.94. The number of methoxy groups -OCH3 is 1. The number of anilines is 2. The fourth-order valence-corrected chi connectivity index (χ4v) is 5.20. The summed E-state index contributed by atoms with van der Waals surface area (Å²) in [5.74, 6) is -0.137. The van der Waals surface area contributed by atoms with Gasteiger partial charge in [0.15, 0.2) is 0 Å². The lowest BCUT2D eigenvalue weighted by atomic mass is 10.1. The fourth-order valence-electron chi connectivity index (χ4n) is 3.92. The first-order valence-corrected chi connectivity index (χ1v) is 12.1. The van der Waals surface area contributed by atoms with Gasteiger partial charge >= 0.3 is 0 Å². The van der Waals surface area contributed by atoms with Crippen LogP contribution in [-0.4, -0.2) is 36.2 Å². The molecule has 176 valence electrons. The number of benzene rings is 3. The summed E-state index contributed by atoms with van der Waals surface area (Å²) in [6, 6.07) is 16.4. The van der Waals surface area contributed by atoms with Crippen molar-refractivity contribution in [3.63, 3.8) is 0 Å². The van der Waals surface area contributed by atoms with E-state index in [1.807, 2.05) is 25.2 Å². The number of nitrogens with zero attached hydrogens (tertiary/aromatic N) is 3. The summed E-state index contributed by atoms with van der Waals surface area (Å²) < 4.78 is 33.5. The molecule has 9 nitrogen and oxygen atoms in total. The molecule has 10 heteroatoms. The van der Waals surface area contributed by atoms with Crippen LogP contribution in [0.15, 0.2) is 82.8 Å². The number of primary amides is 1. The lowest BCUT2D eigenvalue weighted by Gasteiger charge is -2.15. The molecule has 0 unspecified atom stereocenters. The van der Waals surface area contributed by atoms with E-state index in [0.717, 1.165) is 10.9 Å². The van der Waals surface area contributed by atoms with Crippen LogP contribution in [0, 0.1) is 0 Å². The predicted molar refractivity (Wildman–Crippen MR) is 133 cm³/mol. The zero-order chi connectivity index (χ0) is 24.7. The minimum Gasteiger partial charge on any atom is -0.497 e. The number of ether oxygens (including phenoxy) is 1. The number of aromatic nitrogens is 3. The summed E-state index contributed by atoms with van der Waals surface area (Å²) in [7, 11) is -0.501. The van der Waals surface area contributed by atoms with Gasteiger partial charge in [-0.15, -0.1) is 0 Å². The number of fused-ring (bicyclic) bond motifs is 2. The molecule has 0 fully saturated rings. The van der Waals surface area contributed by atoms with E-state index in [1.165, 1.54) is 37.6 Å². The minimum absolute atomic E-state index is 0.0590. The van der Waals surface area contributed by atoms with Gasteiger partial charge in [0.25, 0.3) is 5.91 Å². The molecular weight excluding hydrogens is 466 g/mol. The first-order valence-electron chi connectivity index (χ1n) is 10.6. The standard InChI is InChI=1S/C25H21N5O4S/c1-30-23-11-16(4-3-15(23)13-28-30)29-24-20-12-19(9-10-22(20)27-14-21(24)25(26)31)35(32,33)18-7-5-17(34-2)6-8-18/h3-14H,1-2H3,(H2,26,31)(H,27,29).